The first-order valence-corrected chi connectivity index (χ1v) is 5.05. The van der Waals surface area contributed by atoms with Crippen LogP contribution in [-0.4, -0.2) is 12.2 Å². The summed E-state index contributed by atoms with van der Waals surface area (Å²) in [5, 5.41) is 0. The minimum atomic E-state index is -0.631. The van der Waals surface area contributed by atoms with Crippen LogP contribution in [0.3, 0.4) is 0 Å². The van der Waals surface area contributed by atoms with Gasteiger partial charge in [0.2, 0.25) is 0 Å². The van der Waals surface area contributed by atoms with E-state index in [-0.39, 0.29) is 6.10 Å². The van der Waals surface area contributed by atoms with Crippen molar-refractivity contribution < 1.29 is 9.53 Å². The van der Waals surface area contributed by atoms with E-state index in [1.807, 2.05) is 0 Å². The highest BCUT2D eigenvalue weighted by Gasteiger charge is 2.24. The Bertz CT molecular complexity index is 172. The molecule has 0 aliphatic heterocycles. The minimum absolute atomic E-state index is 0.0764. The molecule has 1 saturated carbocycles. The molecule has 0 heterocycles. The second kappa shape index (κ2) is 4.49. The lowest BCUT2D eigenvalue weighted by Gasteiger charge is -2.30. The highest BCUT2D eigenvalue weighted by Crippen LogP contribution is 2.30. The molecule has 1 amide bonds. The van der Waals surface area contributed by atoms with E-state index in [2.05, 4.69) is 13.8 Å². The summed E-state index contributed by atoms with van der Waals surface area (Å²) in [5.41, 5.74) is 4.96. The van der Waals surface area contributed by atoms with Gasteiger partial charge in [-0.2, -0.15) is 0 Å². The van der Waals surface area contributed by atoms with Crippen LogP contribution in [-0.2, 0) is 4.74 Å². The van der Waals surface area contributed by atoms with Crippen molar-refractivity contribution in [3.63, 3.8) is 0 Å². The summed E-state index contributed by atoms with van der Waals surface area (Å²) in [4.78, 5) is 10.5. The molecule has 1 aliphatic rings. The average Bonchev–Trinajstić information content (AvgIpc) is 2.04. The van der Waals surface area contributed by atoms with E-state index >= 15 is 0 Å². The predicted octanol–water partition coefficient (Wildman–Crippen LogP) is 2.30. The van der Waals surface area contributed by atoms with Gasteiger partial charge in [0.25, 0.3) is 0 Å². The number of rotatable bonds is 2. The Morgan fingerprint density at radius 1 is 1.31 bits per heavy atom. The van der Waals surface area contributed by atoms with Gasteiger partial charge in [-0.3, -0.25) is 0 Å². The standard InChI is InChI=1S/C10H19NO2/c1-7(2)8-3-5-9(6-4-8)13-10(11)12/h7-9H,3-6H2,1-2H3,(H2,11,12). The van der Waals surface area contributed by atoms with Crippen molar-refractivity contribution >= 4 is 6.09 Å². The van der Waals surface area contributed by atoms with E-state index < -0.39 is 6.09 Å². The van der Waals surface area contributed by atoms with Crippen molar-refractivity contribution in [2.75, 3.05) is 0 Å². The zero-order valence-corrected chi connectivity index (χ0v) is 8.45. The maximum absolute atomic E-state index is 10.5. The Hall–Kier alpha value is -0.730. The predicted molar refractivity (Wildman–Crippen MR) is 51.3 cm³/mol. The van der Waals surface area contributed by atoms with E-state index in [1.54, 1.807) is 0 Å². The Morgan fingerprint density at radius 2 is 1.85 bits per heavy atom. The van der Waals surface area contributed by atoms with Crippen molar-refractivity contribution in [3.8, 4) is 0 Å². The molecule has 0 spiro atoms. The summed E-state index contributed by atoms with van der Waals surface area (Å²) in [6, 6.07) is 0. The van der Waals surface area contributed by atoms with Crippen molar-refractivity contribution in [2.24, 2.45) is 17.6 Å². The zero-order valence-electron chi connectivity index (χ0n) is 8.45. The molecular formula is C10H19NO2. The quantitative estimate of drug-likeness (QED) is 0.717. The third-order valence-corrected chi connectivity index (χ3v) is 2.94. The Labute approximate surface area is 79.6 Å². The van der Waals surface area contributed by atoms with Crippen LogP contribution in [0.15, 0.2) is 0 Å². The number of carbonyl (C=O) groups excluding carboxylic acids is 1. The van der Waals surface area contributed by atoms with Crippen molar-refractivity contribution in [2.45, 2.75) is 45.6 Å². The molecule has 76 valence electrons. The van der Waals surface area contributed by atoms with Gasteiger partial charge in [-0.1, -0.05) is 13.8 Å². The Morgan fingerprint density at radius 3 is 2.23 bits per heavy atom. The number of ether oxygens (including phenoxy) is 1. The fourth-order valence-electron chi connectivity index (χ4n) is 2.04. The molecule has 1 rings (SSSR count). The zero-order chi connectivity index (χ0) is 9.84. The van der Waals surface area contributed by atoms with E-state index in [4.69, 9.17) is 10.5 Å². The number of hydrogen-bond acceptors (Lipinski definition) is 2. The molecule has 0 unspecified atom stereocenters. The monoisotopic (exact) mass is 185 g/mol. The van der Waals surface area contributed by atoms with Crippen LogP contribution in [0.1, 0.15) is 39.5 Å². The van der Waals surface area contributed by atoms with Gasteiger partial charge in [0.15, 0.2) is 0 Å². The lowest BCUT2D eigenvalue weighted by atomic mass is 9.80. The molecule has 0 aromatic heterocycles. The van der Waals surface area contributed by atoms with Gasteiger partial charge in [-0.15, -0.1) is 0 Å². The van der Waals surface area contributed by atoms with Crippen LogP contribution in [0.2, 0.25) is 0 Å². The van der Waals surface area contributed by atoms with Crippen molar-refractivity contribution in [1.82, 2.24) is 0 Å². The van der Waals surface area contributed by atoms with Crippen LogP contribution < -0.4 is 5.73 Å². The number of nitrogens with two attached hydrogens (primary N) is 1. The summed E-state index contributed by atoms with van der Waals surface area (Å²) < 4.78 is 4.96. The molecular weight excluding hydrogens is 166 g/mol. The molecule has 3 nitrogen and oxygen atoms in total. The van der Waals surface area contributed by atoms with E-state index in [9.17, 15) is 4.79 Å². The largest absolute Gasteiger partial charge is 0.446 e. The molecule has 2 N–H and O–H groups in total. The van der Waals surface area contributed by atoms with Crippen LogP contribution >= 0.6 is 0 Å². The first-order chi connectivity index (χ1) is 6.09. The molecule has 0 saturated heterocycles. The number of hydrogen-bond donors (Lipinski definition) is 1. The summed E-state index contributed by atoms with van der Waals surface area (Å²) in [5.74, 6) is 1.54. The number of primary amides is 1. The van der Waals surface area contributed by atoms with E-state index in [0.29, 0.717) is 0 Å². The molecule has 0 atom stereocenters. The fraction of sp³-hybridized carbons (Fsp3) is 0.900. The summed E-state index contributed by atoms with van der Waals surface area (Å²) in [7, 11) is 0. The number of carbonyl (C=O) groups is 1. The second-order valence-electron chi connectivity index (χ2n) is 4.22. The van der Waals surface area contributed by atoms with Crippen LogP contribution in [0.4, 0.5) is 4.79 Å². The maximum atomic E-state index is 10.5. The lowest BCUT2D eigenvalue weighted by molar-refractivity contribution is 0.0644. The number of amides is 1. The van der Waals surface area contributed by atoms with Crippen molar-refractivity contribution in [3.05, 3.63) is 0 Å². The van der Waals surface area contributed by atoms with Crippen molar-refractivity contribution in [1.29, 1.82) is 0 Å². The highest BCUT2D eigenvalue weighted by atomic mass is 16.6. The van der Waals surface area contributed by atoms with Crippen LogP contribution in [0.25, 0.3) is 0 Å². The molecule has 3 heteroatoms. The average molecular weight is 185 g/mol. The van der Waals surface area contributed by atoms with E-state index in [1.165, 1.54) is 0 Å². The Kier molecular flexibility index (Phi) is 3.58. The van der Waals surface area contributed by atoms with Gasteiger partial charge in [-0.05, 0) is 37.5 Å². The first-order valence-electron chi connectivity index (χ1n) is 5.05. The smallest absolute Gasteiger partial charge is 0.404 e. The highest BCUT2D eigenvalue weighted by molar-refractivity contribution is 5.64. The summed E-state index contributed by atoms with van der Waals surface area (Å²) in [6.45, 7) is 4.50. The third-order valence-electron chi connectivity index (χ3n) is 2.94. The molecule has 0 bridgehead atoms. The molecule has 0 aromatic rings. The van der Waals surface area contributed by atoms with Gasteiger partial charge >= 0.3 is 6.09 Å². The topological polar surface area (TPSA) is 52.3 Å². The second-order valence-corrected chi connectivity index (χ2v) is 4.22. The molecule has 1 aliphatic carbocycles. The van der Waals surface area contributed by atoms with E-state index in [0.717, 1.165) is 37.5 Å². The molecule has 0 aromatic carbocycles. The van der Waals surface area contributed by atoms with Gasteiger partial charge in [0, 0.05) is 0 Å². The van der Waals surface area contributed by atoms with Gasteiger partial charge in [0.1, 0.15) is 6.10 Å². The Balaban J connectivity index is 2.26. The summed E-state index contributed by atoms with van der Waals surface area (Å²) >= 11 is 0. The third kappa shape index (κ3) is 3.25. The lowest BCUT2D eigenvalue weighted by Crippen LogP contribution is -2.28. The van der Waals surface area contributed by atoms with Gasteiger partial charge in [-0.25, -0.2) is 4.79 Å². The normalized spacial score (nSPS) is 28.8. The van der Waals surface area contributed by atoms with Gasteiger partial charge < -0.3 is 10.5 Å². The SMILES string of the molecule is CC(C)C1CCC(OC(N)=O)CC1. The minimum Gasteiger partial charge on any atom is -0.446 e. The maximum Gasteiger partial charge on any atom is 0.404 e. The van der Waals surface area contributed by atoms with Crippen LogP contribution in [0.5, 0.6) is 0 Å². The first kappa shape index (κ1) is 10.4. The van der Waals surface area contributed by atoms with Crippen LogP contribution in [0, 0.1) is 11.8 Å². The molecule has 0 radical (unpaired) electrons. The van der Waals surface area contributed by atoms with Gasteiger partial charge in [0.05, 0.1) is 0 Å². The molecule has 1 fully saturated rings. The fourth-order valence-corrected chi connectivity index (χ4v) is 2.04. The summed E-state index contributed by atoms with van der Waals surface area (Å²) in [6.07, 6.45) is 3.73. The molecule has 13 heavy (non-hydrogen) atoms.